The number of hydrogen-bond acceptors (Lipinski definition) is 4. The van der Waals surface area contributed by atoms with Crippen LogP contribution in [0.25, 0.3) is 0 Å². The minimum Gasteiger partial charge on any atom is -0.444 e. The van der Waals surface area contributed by atoms with Crippen LogP contribution in [0.3, 0.4) is 0 Å². The molecular formula is C23H26N2O4. The molecule has 1 N–H and O–H groups in total. The van der Waals surface area contributed by atoms with Gasteiger partial charge in [-0.1, -0.05) is 42.5 Å². The summed E-state index contributed by atoms with van der Waals surface area (Å²) in [6, 6.07) is 15.9. The molecular weight excluding hydrogens is 368 g/mol. The Kier molecular flexibility index (Phi) is 7.00. The van der Waals surface area contributed by atoms with E-state index in [2.05, 4.69) is 5.32 Å². The van der Waals surface area contributed by atoms with Crippen molar-refractivity contribution < 1.29 is 19.1 Å². The van der Waals surface area contributed by atoms with Crippen molar-refractivity contribution in [1.82, 2.24) is 10.2 Å². The predicted molar refractivity (Wildman–Crippen MR) is 109 cm³/mol. The Hall–Kier alpha value is -3.15. The van der Waals surface area contributed by atoms with Crippen molar-refractivity contribution in [1.29, 1.82) is 0 Å². The van der Waals surface area contributed by atoms with Crippen LogP contribution in [0.1, 0.15) is 53.8 Å². The number of nitrogens with one attached hydrogen (secondary N) is 1. The first-order chi connectivity index (χ1) is 14.0. The highest BCUT2D eigenvalue weighted by Gasteiger charge is 2.30. The van der Waals surface area contributed by atoms with Gasteiger partial charge in [-0.05, 0) is 37.0 Å². The van der Waals surface area contributed by atoms with E-state index in [1.807, 2.05) is 18.2 Å². The molecule has 1 saturated heterocycles. The summed E-state index contributed by atoms with van der Waals surface area (Å²) in [5.74, 6) is -0.836. The Morgan fingerprint density at radius 2 is 1.62 bits per heavy atom. The third kappa shape index (κ3) is 5.67. The third-order valence-corrected chi connectivity index (χ3v) is 4.95. The summed E-state index contributed by atoms with van der Waals surface area (Å²) in [4.78, 5) is 38.6. The molecule has 6 heteroatoms. The monoisotopic (exact) mass is 394 g/mol. The lowest BCUT2D eigenvalue weighted by Crippen LogP contribution is -2.40. The number of piperidine rings is 1. The van der Waals surface area contributed by atoms with Crippen LogP contribution < -0.4 is 5.32 Å². The Morgan fingerprint density at radius 3 is 2.24 bits per heavy atom. The highest BCUT2D eigenvalue weighted by atomic mass is 16.5. The molecule has 0 aromatic heterocycles. The Balaban J connectivity index is 1.74. The Bertz CT molecular complexity index is 843. The minimum absolute atomic E-state index is 0.115. The molecule has 2 amide bonds. The zero-order valence-electron chi connectivity index (χ0n) is 16.6. The van der Waals surface area contributed by atoms with Crippen molar-refractivity contribution in [3.05, 3.63) is 71.3 Å². The van der Waals surface area contributed by atoms with Gasteiger partial charge < -0.3 is 15.0 Å². The van der Waals surface area contributed by atoms with E-state index in [1.54, 1.807) is 41.3 Å². The van der Waals surface area contributed by atoms with E-state index in [4.69, 9.17) is 4.74 Å². The maximum Gasteiger partial charge on any atom is 0.339 e. The Morgan fingerprint density at radius 1 is 0.966 bits per heavy atom. The van der Waals surface area contributed by atoms with E-state index in [-0.39, 0.29) is 11.8 Å². The maximum absolute atomic E-state index is 13.1. The number of likely N-dealkylation sites (tertiary alicyclic amines) is 1. The largest absolute Gasteiger partial charge is 0.444 e. The van der Waals surface area contributed by atoms with Gasteiger partial charge in [0.15, 0.2) is 0 Å². The standard InChI is InChI=1S/C23H26N2O4/c1-17(26)24-16-18-10-12-20(13-11-18)23(28)29-21(19-8-4-2-5-9-19)22(27)25-14-6-3-7-15-25/h2,4-5,8-13,21H,3,6-7,14-16H2,1H3,(H,24,26). The average molecular weight is 394 g/mol. The molecule has 1 aliphatic rings. The number of rotatable bonds is 6. The summed E-state index contributed by atoms with van der Waals surface area (Å²) >= 11 is 0. The quantitative estimate of drug-likeness (QED) is 0.764. The van der Waals surface area contributed by atoms with Gasteiger partial charge in [-0.15, -0.1) is 0 Å². The molecule has 1 heterocycles. The molecule has 0 aliphatic carbocycles. The number of carbonyl (C=O) groups is 3. The molecule has 1 fully saturated rings. The predicted octanol–water partition coefficient (Wildman–Crippen LogP) is 3.23. The summed E-state index contributed by atoms with van der Waals surface area (Å²) < 4.78 is 5.68. The second kappa shape index (κ2) is 9.87. The smallest absolute Gasteiger partial charge is 0.339 e. The van der Waals surface area contributed by atoms with Crippen molar-refractivity contribution in [2.75, 3.05) is 13.1 Å². The highest BCUT2D eigenvalue weighted by molar-refractivity contribution is 5.92. The lowest BCUT2D eigenvalue weighted by Gasteiger charge is -2.30. The van der Waals surface area contributed by atoms with E-state index < -0.39 is 12.1 Å². The van der Waals surface area contributed by atoms with Crippen molar-refractivity contribution in [2.45, 2.75) is 38.8 Å². The van der Waals surface area contributed by atoms with E-state index in [0.717, 1.165) is 24.8 Å². The topological polar surface area (TPSA) is 75.7 Å². The van der Waals surface area contributed by atoms with Crippen LogP contribution in [0.15, 0.2) is 54.6 Å². The number of ether oxygens (including phenoxy) is 1. The van der Waals surface area contributed by atoms with Crippen molar-refractivity contribution in [3.63, 3.8) is 0 Å². The Labute approximate surface area is 170 Å². The molecule has 6 nitrogen and oxygen atoms in total. The second-order valence-electron chi connectivity index (χ2n) is 7.19. The third-order valence-electron chi connectivity index (χ3n) is 4.95. The minimum atomic E-state index is -0.958. The van der Waals surface area contributed by atoms with Crippen molar-refractivity contribution >= 4 is 17.8 Å². The number of nitrogens with zero attached hydrogens (tertiary/aromatic N) is 1. The fourth-order valence-corrected chi connectivity index (χ4v) is 3.33. The highest BCUT2D eigenvalue weighted by Crippen LogP contribution is 2.24. The second-order valence-corrected chi connectivity index (χ2v) is 7.19. The lowest BCUT2D eigenvalue weighted by atomic mass is 10.1. The maximum atomic E-state index is 13.1. The fourth-order valence-electron chi connectivity index (χ4n) is 3.33. The molecule has 0 spiro atoms. The first-order valence-corrected chi connectivity index (χ1v) is 9.92. The number of amides is 2. The van der Waals surface area contributed by atoms with Gasteiger partial charge in [0.1, 0.15) is 0 Å². The van der Waals surface area contributed by atoms with Crippen LogP contribution in [0.5, 0.6) is 0 Å². The molecule has 0 saturated carbocycles. The van der Waals surface area contributed by atoms with Gasteiger partial charge in [0.25, 0.3) is 5.91 Å². The van der Waals surface area contributed by atoms with Crippen LogP contribution in [-0.2, 0) is 20.9 Å². The number of benzene rings is 2. The van der Waals surface area contributed by atoms with Gasteiger partial charge in [0.2, 0.25) is 12.0 Å². The number of esters is 1. The van der Waals surface area contributed by atoms with Gasteiger partial charge in [0, 0.05) is 32.1 Å². The number of carbonyl (C=O) groups excluding carboxylic acids is 3. The van der Waals surface area contributed by atoms with Gasteiger partial charge in [-0.25, -0.2) is 4.79 Å². The summed E-state index contributed by atoms with van der Waals surface area (Å²) in [6.07, 6.45) is 2.10. The van der Waals surface area contributed by atoms with Gasteiger partial charge in [0.05, 0.1) is 5.56 Å². The molecule has 0 bridgehead atoms. The van der Waals surface area contributed by atoms with Crippen LogP contribution in [0.2, 0.25) is 0 Å². The zero-order chi connectivity index (χ0) is 20.6. The summed E-state index contributed by atoms with van der Waals surface area (Å²) in [6.45, 7) is 3.23. The zero-order valence-corrected chi connectivity index (χ0v) is 16.6. The van der Waals surface area contributed by atoms with Crippen LogP contribution >= 0.6 is 0 Å². The molecule has 1 aliphatic heterocycles. The summed E-state index contributed by atoms with van der Waals surface area (Å²) in [5.41, 5.74) is 1.91. The van der Waals surface area contributed by atoms with E-state index >= 15 is 0 Å². The lowest BCUT2D eigenvalue weighted by molar-refractivity contribution is -0.142. The summed E-state index contributed by atoms with van der Waals surface area (Å²) in [5, 5.41) is 2.71. The van der Waals surface area contributed by atoms with E-state index in [9.17, 15) is 14.4 Å². The van der Waals surface area contributed by atoms with E-state index in [1.165, 1.54) is 6.92 Å². The van der Waals surface area contributed by atoms with Crippen molar-refractivity contribution in [2.24, 2.45) is 0 Å². The van der Waals surface area contributed by atoms with Crippen molar-refractivity contribution in [3.8, 4) is 0 Å². The fraction of sp³-hybridized carbons (Fsp3) is 0.348. The first kappa shape index (κ1) is 20.6. The molecule has 29 heavy (non-hydrogen) atoms. The van der Waals surface area contributed by atoms with Crippen LogP contribution in [0.4, 0.5) is 0 Å². The van der Waals surface area contributed by atoms with Gasteiger partial charge in [-0.2, -0.15) is 0 Å². The molecule has 2 aromatic rings. The normalized spacial score (nSPS) is 14.7. The molecule has 1 atom stereocenters. The average Bonchev–Trinajstić information content (AvgIpc) is 2.77. The molecule has 2 aromatic carbocycles. The van der Waals surface area contributed by atoms with Crippen LogP contribution in [-0.4, -0.2) is 35.8 Å². The molecule has 1 unspecified atom stereocenters. The molecule has 0 radical (unpaired) electrons. The van der Waals surface area contributed by atoms with Crippen LogP contribution in [0, 0.1) is 0 Å². The molecule has 152 valence electrons. The number of hydrogen-bond donors (Lipinski definition) is 1. The SMILES string of the molecule is CC(=O)NCc1ccc(C(=O)OC(C(=O)N2CCCCC2)c2ccccc2)cc1. The van der Waals surface area contributed by atoms with E-state index in [0.29, 0.717) is 30.8 Å². The van der Waals surface area contributed by atoms with Gasteiger partial charge in [-0.3, -0.25) is 9.59 Å². The van der Waals surface area contributed by atoms with Gasteiger partial charge >= 0.3 is 5.97 Å². The first-order valence-electron chi connectivity index (χ1n) is 9.92. The molecule has 3 rings (SSSR count). The summed E-state index contributed by atoms with van der Waals surface area (Å²) in [7, 11) is 0.